The van der Waals surface area contributed by atoms with Crippen LogP contribution in [0.4, 0.5) is 0 Å². The summed E-state index contributed by atoms with van der Waals surface area (Å²) in [5.74, 6) is -0.181. The number of rotatable bonds is 67. The average Bonchev–Trinajstić information content (AvgIpc) is 3.56. The first-order valence-electron chi connectivity index (χ1n) is 36.3. The van der Waals surface area contributed by atoms with E-state index in [0.29, 0.717) is 17.4 Å². The molecule has 9 heteroatoms. The Morgan fingerprint density at radius 1 is 0.417 bits per heavy atom. The second-order valence-corrected chi connectivity index (χ2v) is 27.4. The van der Waals surface area contributed by atoms with Crippen molar-refractivity contribution in [1.82, 2.24) is 5.32 Å². The molecule has 8 nitrogen and oxygen atoms in total. The van der Waals surface area contributed by atoms with E-state index in [0.717, 1.165) is 64.2 Å². The summed E-state index contributed by atoms with van der Waals surface area (Å²) < 4.78 is 23.8. The van der Waals surface area contributed by atoms with Crippen LogP contribution in [0.2, 0.25) is 0 Å². The maximum absolute atomic E-state index is 13.1. The molecule has 0 aliphatic heterocycles. The minimum absolute atomic E-state index is 0.0566. The summed E-state index contributed by atoms with van der Waals surface area (Å²) in [6.45, 7) is 4.73. The van der Waals surface area contributed by atoms with Crippen LogP contribution in [-0.4, -0.2) is 73.4 Å². The van der Waals surface area contributed by atoms with Crippen molar-refractivity contribution in [3.05, 3.63) is 72.9 Å². The number of carbonyl (C=O) groups excluding carboxylic acids is 1. The fourth-order valence-corrected chi connectivity index (χ4v) is 11.6. The SMILES string of the molecule is CC/C=C\C/C=C\C/C=C\C/C=C\CCCCCCCCCCCCCCCCCCCCCCCCCCC(=O)NC(COP(=O)(O)OCC[N+](C)(C)C)C(O)/C=C/CC/C=C/CCCCCCCCCCCCCCCCCCCCC. The van der Waals surface area contributed by atoms with Crippen molar-refractivity contribution >= 4 is 13.7 Å². The lowest BCUT2D eigenvalue weighted by atomic mass is 10.0. The van der Waals surface area contributed by atoms with E-state index in [1.54, 1.807) is 6.08 Å². The van der Waals surface area contributed by atoms with Gasteiger partial charge in [-0.25, -0.2) is 4.57 Å². The molecule has 3 unspecified atom stereocenters. The highest BCUT2D eigenvalue weighted by molar-refractivity contribution is 7.47. The highest BCUT2D eigenvalue weighted by atomic mass is 31.2. The van der Waals surface area contributed by atoms with Gasteiger partial charge in [-0.05, 0) is 70.6 Å². The molecule has 0 saturated heterocycles. The second-order valence-electron chi connectivity index (χ2n) is 25.9. The molecule has 0 aromatic carbocycles. The number of likely N-dealkylation sites (N-methyl/N-ethyl adjacent to an activating group) is 1. The summed E-state index contributed by atoms with van der Waals surface area (Å²) in [4.78, 5) is 23.4. The zero-order valence-corrected chi connectivity index (χ0v) is 57.3. The largest absolute Gasteiger partial charge is 0.472 e. The van der Waals surface area contributed by atoms with Crippen molar-refractivity contribution in [2.45, 2.75) is 360 Å². The number of phosphoric ester groups is 1. The molecule has 0 aromatic heterocycles. The van der Waals surface area contributed by atoms with Crippen LogP contribution in [0.15, 0.2) is 72.9 Å². The number of nitrogens with zero attached hydrogens (tertiary/aromatic N) is 1. The highest BCUT2D eigenvalue weighted by Gasteiger charge is 2.28. The lowest BCUT2D eigenvalue weighted by Crippen LogP contribution is -2.45. The molecule has 0 radical (unpaired) electrons. The third kappa shape index (κ3) is 67.4. The third-order valence-corrected chi connectivity index (χ3v) is 17.4. The van der Waals surface area contributed by atoms with Crippen LogP contribution < -0.4 is 5.32 Å². The van der Waals surface area contributed by atoms with Gasteiger partial charge in [0.25, 0.3) is 0 Å². The molecule has 492 valence electrons. The minimum atomic E-state index is -4.36. The third-order valence-electron chi connectivity index (χ3n) is 16.4. The van der Waals surface area contributed by atoms with Crippen molar-refractivity contribution < 1.29 is 32.9 Å². The van der Waals surface area contributed by atoms with E-state index in [9.17, 15) is 19.4 Å². The molecule has 84 heavy (non-hydrogen) atoms. The van der Waals surface area contributed by atoms with Crippen LogP contribution in [0, 0.1) is 0 Å². The Morgan fingerprint density at radius 3 is 1.10 bits per heavy atom. The van der Waals surface area contributed by atoms with Crippen LogP contribution in [0.5, 0.6) is 0 Å². The Labute approximate surface area is 523 Å². The summed E-state index contributed by atoms with van der Waals surface area (Å²) in [7, 11) is 1.57. The van der Waals surface area contributed by atoms with Crippen LogP contribution in [0.1, 0.15) is 348 Å². The second kappa shape index (κ2) is 65.4. The van der Waals surface area contributed by atoms with E-state index in [4.69, 9.17) is 9.05 Å². The number of allylic oxidation sites excluding steroid dienone is 11. The first kappa shape index (κ1) is 81.9. The number of aliphatic hydroxyl groups excluding tert-OH is 1. The van der Waals surface area contributed by atoms with Crippen molar-refractivity contribution in [3.63, 3.8) is 0 Å². The van der Waals surface area contributed by atoms with Gasteiger partial charge in [-0.1, -0.05) is 344 Å². The molecule has 0 bridgehead atoms. The first-order valence-corrected chi connectivity index (χ1v) is 37.8. The molecule has 3 atom stereocenters. The fraction of sp³-hybridized carbons (Fsp3) is 0.827. The molecule has 0 heterocycles. The van der Waals surface area contributed by atoms with E-state index in [1.807, 2.05) is 27.2 Å². The van der Waals surface area contributed by atoms with Crippen molar-refractivity contribution in [1.29, 1.82) is 0 Å². The zero-order valence-electron chi connectivity index (χ0n) is 56.4. The standard InChI is InChI=1S/C75H141N2O6P/c1-6-8-10-12-14-16-18-20-22-24-26-28-30-32-33-34-35-36-37-38-39-40-41-42-43-45-47-49-51-53-55-57-59-61-63-65-67-69-75(79)76-73(72-83-84(80,81)82-71-70-77(3,4)5)74(78)68-66-64-62-60-58-56-54-52-50-48-46-44-31-29-27-25-23-21-19-17-15-13-11-9-7-2/h8,10,14,16,20,22,26,28,58,60,66,68,73-74,78H,6-7,9,11-13,15,17-19,21,23-25,27,29-57,59,61-65,67,69-72H2,1-5H3,(H-,76,79,80,81)/p+1/b10-8-,16-14-,22-20-,28-26-,60-58+,68-66+. The Morgan fingerprint density at radius 2 is 0.726 bits per heavy atom. The van der Waals surface area contributed by atoms with E-state index in [-0.39, 0.29) is 19.1 Å². The maximum Gasteiger partial charge on any atom is 0.472 e. The molecule has 0 saturated carbocycles. The Hall–Kier alpha value is -2.06. The van der Waals surface area contributed by atoms with Crippen molar-refractivity contribution in [2.24, 2.45) is 0 Å². The number of amides is 1. The molecule has 1 amide bonds. The normalized spacial score (nSPS) is 14.0. The van der Waals surface area contributed by atoms with Crippen molar-refractivity contribution in [2.75, 3.05) is 40.9 Å². The summed E-state index contributed by atoms with van der Waals surface area (Å²) in [6, 6.07) is -0.865. The van der Waals surface area contributed by atoms with E-state index in [1.165, 1.54) is 263 Å². The van der Waals surface area contributed by atoms with Gasteiger partial charge < -0.3 is 19.8 Å². The predicted octanol–water partition coefficient (Wildman–Crippen LogP) is 23.3. The van der Waals surface area contributed by atoms with Crippen molar-refractivity contribution in [3.8, 4) is 0 Å². The molecule has 0 rings (SSSR count). The average molecular weight is 1200 g/mol. The van der Waals surface area contributed by atoms with Gasteiger partial charge in [-0.15, -0.1) is 0 Å². The molecule has 0 aliphatic carbocycles. The van der Waals surface area contributed by atoms with Crippen LogP contribution >= 0.6 is 7.82 Å². The first-order chi connectivity index (χ1) is 41.0. The number of quaternary nitrogens is 1. The topological polar surface area (TPSA) is 105 Å². The van der Waals surface area contributed by atoms with E-state index >= 15 is 0 Å². The summed E-state index contributed by atoms with van der Waals surface area (Å²) >= 11 is 0. The summed E-state index contributed by atoms with van der Waals surface area (Å²) in [6.07, 6.45) is 92.1. The van der Waals surface area contributed by atoms with Crippen LogP contribution in [-0.2, 0) is 18.4 Å². The quantitative estimate of drug-likeness (QED) is 0.0243. The molecule has 3 N–H and O–H groups in total. The molecule has 0 fully saturated rings. The molecular formula is C75H142N2O6P+. The minimum Gasteiger partial charge on any atom is -0.387 e. The maximum atomic E-state index is 13.1. The number of phosphoric acid groups is 1. The van der Waals surface area contributed by atoms with Crippen LogP contribution in [0.3, 0.4) is 0 Å². The van der Waals surface area contributed by atoms with E-state index < -0.39 is 20.0 Å². The van der Waals surface area contributed by atoms with Gasteiger partial charge in [0.1, 0.15) is 13.2 Å². The summed E-state index contributed by atoms with van der Waals surface area (Å²) in [5, 5.41) is 14.0. The Balaban J connectivity index is 4.01. The van der Waals surface area contributed by atoms with Gasteiger partial charge in [0, 0.05) is 6.42 Å². The molecule has 0 aliphatic rings. The Kier molecular flexibility index (Phi) is 63.8. The Bertz CT molecular complexity index is 1600. The van der Waals surface area contributed by atoms with Gasteiger partial charge in [-0.2, -0.15) is 0 Å². The van der Waals surface area contributed by atoms with Gasteiger partial charge >= 0.3 is 7.82 Å². The lowest BCUT2D eigenvalue weighted by Gasteiger charge is -2.25. The predicted molar refractivity (Wildman–Crippen MR) is 369 cm³/mol. The number of unbranched alkanes of at least 4 members (excludes halogenated alkanes) is 44. The van der Waals surface area contributed by atoms with Gasteiger partial charge in [0.2, 0.25) is 5.91 Å². The molecule has 0 aromatic rings. The molecular weight excluding hydrogens is 1060 g/mol. The zero-order chi connectivity index (χ0) is 61.2. The fourth-order valence-electron chi connectivity index (χ4n) is 10.8. The van der Waals surface area contributed by atoms with E-state index in [2.05, 4.69) is 79.9 Å². The van der Waals surface area contributed by atoms with Gasteiger partial charge in [0.15, 0.2) is 0 Å². The van der Waals surface area contributed by atoms with Gasteiger partial charge in [-0.3, -0.25) is 13.8 Å². The number of aliphatic hydroxyl groups is 1. The number of carbonyl (C=O) groups is 1. The van der Waals surface area contributed by atoms with Gasteiger partial charge in [0.05, 0.1) is 39.9 Å². The molecule has 0 spiro atoms. The smallest absolute Gasteiger partial charge is 0.387 e. The number of hydrogen-bond acceptors (Lipinski definition) is 5. The summed E-state index contributed by atoms with van der Waals surface area (Å²) in [5.41, 5.74) is 0. The van der Waals surface area contributed by atoms with Crippen LogP contribution in [0.25, 0.3) is 0 Å². The highest BCUT2D eigenvalue weighted by Crippen LogP contribution is 2.43. The number of hydrogen-bond donors (Lipinski definition) is 3. The number of nitrogens with one attached hydrogen (secondary N) is 1. The monoisotopic (exact) mass is 1200 g/mol. The lowest BCUT2D eigenvalue weighted by molar-refractivity contribution is -0.870.